The van der Waals surface area contributed by atoms with Gasteiger partial charge in [-0.3, -0.25) is 9.59 Å². The number of pyridine rings is 1. The number of amides is 1. The number of anilines is 3. The SMILES string of the molecule is O=C1Nc2cc(C(=O)CCl)c(Cl)nc2Nc2cc(Cl)ccc21. The standard InChI is InChI=1S/C14H8Cl3N3O2/c15-5-11(21)8-4-10-13(20-12(8)17)18-9-3-6(16)1-2-7(9)14(22)19-10/h1-4H,5H2,(H,18,20)(H,19,22). The fourth-order valence-electron chi connectivity index (χ4n) is 2.08. The van der Waals surface area contributed by atoms with Gasteiger partial charge in [0.2, 0.25) is 0 Å². The summed E-state index contributed by atoms with van der Waals surface area (Å²) < 4.78 is 0. The summed E-state index contributed by atoms with van der Waals surface area (Å²) in [6, 6.07) is 6.27. The predicted octanol–water partition coefficient (Wildman–Crippen LogP) is 4.12. The van der Waals surface area contributed by atoms with Crippen LogP contribution in [0.2, 0.25) is 10.2 Å². The molecule has 1 aliphatic rings. The van der Waals surface area contributed by atoms with Gasteiger partial charge in [-0.15, -0.1) is 11.6 Å². The number of ketones is 1. The molecule has 22 heavy (non-hydrogen) atoms. The number of aromatic nitrogens is 1. The van der Waals surface area contributed by atoms with E-state index in [2.05, 4.69) is 15.6 Å². The van der Waals surface area contributed by atoms with Crippen LogP contribution in [-0.2, 0) is 0 Å². The minimum atomic E-state index is -0.374. The molecule has 8 heteroatoms. The van der Waals surface area contributed by atoms with Crippen LogP contribution in [0.25, 0.3) is 0 Å². The smallest absolute Gasteiger partial charge is 0.257 e. The normalized spacial score (nSPS) is 12.6. The number of alkyl halides is 1. The van der Waals surface area contributed by atoms with Gasteiger partial charge in [-0.05, 0) is 24.3 Å². The van der Waals surface area contributed by atoms with Crippen LogP contribution in [0, 0.1) is 0 Å². The number of halogens is 3. The lowest BCUT2D eigenvalue weighted by molar-refractivity contribution is 0.101. The van der Waals surface area contributed by atoms with Gasteiger partial charge in [0.05, 0.1) is 28.4 Å². The molecular weight excluding hydrogens is 349 g/mol. The zero-order valence-corrected chi connectivity index (χ0v) is 13.2. The Hall–Kier alpha value is -1.82. The van der Waals surface area contributed by atoms with Gasteiger partial charge in [0.1, 0.15) is 5.15 Å². The Morgan fingerprint density at radius 1 is 1.14 bits per heavy atom. The van der Waals surface area contributed by atoms with Crippen LogP contribution in [0.1, 0.15) is 20.7 Å². The highest BCUT2D eigenvalue weighted by molar-refractivity contribution is 6.37. The van der Waals surface area contributed by atoms with Crippen molar-refractivity contribution in [3.05, 3.63) is 45.6 Å². The van der Waals surface area contributed by atoms with Crippen LogP contribution in [0.3, 0.4) is 0 Å². The second-order valence-electron chi connectivity index (χ2n) is 4.55. The van der Waals surface area contributed by atoms with E-state index in [0.29, 0.717) is 27.8 Å². The Morgan fingerprint density at radius 3 is 2.64 bits per heavy atom. The number of carbonyl (C=O) groups is 2. The van der Waals surface area contributed by atoms with Gasteiger partial charge in [-0.25, -0.2) is 4.98 Å². The molecule has 0 bridgehead atoms. The van der Waals surface area contributed by atoms with E-state index in [9.17, 15) is 9.59 Å². The molecule has 0 saturated carbocycles. The second kappa shape index (κ2) is 5.76. The van der Waals surface area contributed by atoms with Crippen molar-refractivity contribution in [1.82, 2.24) is 4.98 Å². The van der Waals surface area contributed by atoms with Crippen molar-refractivity contribution < 1.29 is 9.59 Å². The van der Waals surface area contributed by atoms with Crippen molar-refractivity contribution in [2.45, 2.75) is 0 Å². The van der Waals surface area contributed by atoms with E-state index < -0.39 is 0 Å². The van der Waals surface area contributed by atoms with E-state index in [0.717, 1.165) is 0 Å². The highest BCUT2D eigenvalue weighted by atomic mass is 35.5. The number of nitrogens with one attached hydrogen (secondary N) is 2. The molecule has 2 heterocycles. The summed E-state index contributed by atoms with van der Waals surface area (Å²) in [6.45, 7) is 0. The van der Waals surface area contributed by atoms with Gasteiger partial charge in [0.25, 0.3) is 5.91 Å². The molecular formula is C14H8Cl3N3O2. The first-order chi connectivity index (χ1) is 10.5. The van der Waals surface area contributed by atoms with Crippen molar-refractivity contribution in [2.75, 3.05) is 16.5 Å². The third-order valence-electron chi connectivity index (χ3n) is 3.13. The summed E-state index contributed by atoms with van der Waals surface area (Å²) in [4.78, 5) is 28.1. The fraction of sp³-hybridized carbons (Fsp3) is 0.0714. The second-order valence-corrected chi connectivity index (χ2v) is 5.61. The molecule has 0 fully saturated rings. The van der Waals surface area contributed by atoms with Gasteiger partial charge >= 0.3 is 0 Å². The molecule has 2 aromatic rings. The predicted molar refractivity (Wildman–Crippen MR) is 87.0 cm³/mol. The first-order valence-electron chi connectivity index (χ1n) is 6.17. The van der Waals surface area contributed by atoms with Crippen molar-refractivity contribution in [2.24, 2.45) is 0 Å². The molecule has 0 unspecified atom stereocenters. The number of hydrogen-bond acceptors (Lipinski definition) is 4. The van der Waals surface area contributed by atoms with E-state index in [1.54, 1.807) is 18.2 Å². The lowest BCUT2D eigenvalue weighted by Gasteiger charge is -2.10. The summed E-state index contributed by atoms with van der Waals surface area (Å²) in [5.41, 5.74) is 1.41. The fourth-order valence-corrected chi connectivity index (χ4v) is 2.64. The summed E-state index contributed by atoms with van der Waals surface area (Å²) in [6.07, 6.45) is 0. The van der Waals surface area contributed by atoms with Gasteiger partial charge in [0, 0.05) is 5.02 Å². The summed E-state index contributed by atoms with van der Waals surface area (Å²) >= 11 is 17.5. The molecule has 0 aliphatic carbocycles. The molecule has 3 rings (SSSR count). The minimum absolute atomic E-state index is 0.0108. The van der Waals surface area contributed by atoms with Crippen LogP contribution in [0.15, 0.2) is 24.3 Å². The van der Waals surface area contributed by atoms with Crippen molar-refractivity contribution in [3.8, 4) is 0 Å². The van der Waals surface area contributed by atoms with Gasteiger partial charge in [-0.2, -0.15) is 0 Å². The number of benzene rings is 1. The van der Waals surface area contributed by atoms with E-state index in [1.807, 2.05) is 0 Å². The van der Waals surface area contributed by atoms with Crippen LogP contribution < -0.4 is 10.6 Å². The average Bonchev–Trinajstić information content (AvgIpc) is 2.61. The summed E-state index contributed by atoms with van der Waals surface area (Å²) in [5, 5.41) is 6.16. The lowest BCUT2D eigenvalue weighted by atomic mass is 10.1. The topological polar surface area (TPSA) is 71.1 Å². The molecule has 0 spiro atoms. The molecule has 5 nitrogen and oxygen atoms in total. The maximum Gasteiger partial charge on any atom is 0.257 e. The van der Waals surface area contributed by atoms with Crippen LogP contribution in [-0.4, -0.2) is 22.6 Å². The van der Waals surface area contributed by atoms with Crippen molar-refractivity contribution >= 4 is 63.7 Å². The van der Waals surface area contributed by atoms with E-state index >= 15 is 0 Å². The van der Waals surface area contributed by atoms with E-state index in [1.165, 1.54) is 6.07 Å². The third kappa shape index (κ3) is 2.63. The molecule has 1 aromatic heterocycles. The maximum atomic E-state index is 12.2. The molecule has 0 radical (unpaired) electrons. The molecule has 2 N–H and O–H groups in total. The summed E-state index contributed by atoms with van der Waals surface area (Å²) in [7, 11) is 0. The highest BCUT2D eigenvalue weighted by Gasteiger charge is 2.23. The monoisotopic (exact) mass is 355 g/mol. The first kappa shape index (κ1) is 15.1. The molecule has 0 saturated heterocycles. The number of nitrogens with zero attached hydrogens (tertiary/aromatic N) is 1. The number of Topliss-reactive ketones (excluding diaryl/α,β-unsaturated/α-hetero) is 1. The third-order valence-corrected chi connectivity index (χ3v) is 3.89. The Morgan fingerprint density at radius 2 is 1.91 bits per heavy atom. The Bertz CT molecular complexity index is 808. The first-order valence-corrected chi connectivity index (χ1v) is 7.46. The number of rotatable bonds is 2. The summed E-state index contributed by atoms with van der Waals surface area (Å²) in [5.74, 6) is -0.616. The Balaban J connectivity index is 2.13. The molecule has 112 valence electrons. The molecule has 0 atom stereocenters. The quantitative estimate of drug-likeness (QED) is 0.482. The number of fused-ring (bicyclic) bond motifs is 2. The zero-order valence-electron chi connectivity index (χ0n) is 10.9. The molecule has 1 aromatic carbocycles. The maximum absolute atomic E-state index is 12.2. The average molecular weight is 357 g/mol. The largest absolute Gasteiger partial charge is 0.338 e. The number of hydrogen-bond donors (Lipinski definition) is 2. The lowest BCUT2D eigenvalue weighted by Crippen LogP contribution is -2.12. The van der Waals surface area contributed by atoms with Gasteiger partial charge in [0.15, 0.2) is 11.6 Å². The van der Waals surface area contributed by atoms with Crippen molar-refractivity contribution in [1.29, 1.82) is 0 Å². The van der Waals surface area contributed by atoms with Crippen LogP contribution in [0.4, 0.5) is 17.2 Å². The van der Waals surface area contributed by atoms with Crippen LogP contribution in [0.5, 0.6) is 0 Å². The Labute approximate surface area is 140 Å². The van der Waals surface area contributed by atoms with Gasteiger partial charge in [-0.1, -0.05) is 23.2 Å². The molecule has 1 amide bonds. The highest BCUT2D eigenvalue weighted by Crippen LogP contribution is 2.34. The van der Waals surface area contributed by atoms with Crippen LogP contribution >= 0.6 is 34.8 Å². The zero-order chi connectivity index (χ0) is 15.9. The van der Waals surface area contributed by atoms with E-state index in [4.69, 9.17) is 34.8 Å². The molecule has 1 aliphatic heterocycles. The van der Waals surface area contributed by atoms with Gasteiger partial charge < -0.3 is 10.6 Å². The van der Waals surface area contributed by atoms with Crippen molar-refractivity contribution in [3.63, 3.8) is 0 Å². The van der Waals surface area contributed by atoms with E-state index in [-0.39, 0.29) is 28.3 Å². The number of carbonyl (C=O) groups excluding carboxylic acids is 2. The minimum Gasteiger partial charge on any atom is -0.338 e. The Kier molecular flexibility index (Phi) is 3.95.